The summed E-state index contributed by atoms with van der Waals surface area (Å²) in [5.41, 5.74) is 1.46. The first-order valence-electron chi connectivity index (χ1n) is 9.71. The van der Waals surface area contributed by atoms with Crippen LogP contribution in [0.1, 0.15) is 56.9 Å². The average molecular weight is 336 g/mol. The number of hydrogen-bond acceptors (Lipinski definition) is 1. The van der Waals surface area contributed by atoms with E-state index >= 15 is 0 Å². The van der Waals surface area contributed by atoms with E-state index in [9.17, 15) is 0 Å². The first-order valence-corrected chi connectivity index (χ1v) is 11.1. The van der Waals surface area contributed by atoms with Crippen LogP contribution in [-0.2, 0) is 6.54 Å². The minimum Gasteiger partial charge on any atom is -0.325 e. The van der Waals surface area contributed by atoms with E-state index in [0.29, 0.717) is 0 Å². The maximum Gasteiger partial charge on any atom is 0.104 e. The third kappa shape index (κ3) is 11.5. The van der Waals surface area contributed by atoms with Crippen molar-refractivity contribution in [1.29, 1.82) is 0 Å². The molecule has 0 saturated carbocycles. The fraction of sp³-hybridized carbons (Fsp3) is 0.700. The van der Waals surface area contributed by atoms with Crippen molar-refractivity contribution >= 4 is 10.2 Å². The molecule has 0 aromatic heterocycles. The van der Waals surface area contributed by atoms with E-state index in [0.717, 1.165) is 11.0 Å². The van der Waals surface area contributed by atoms with E-state index in [2.05, 4.69) is 49.7 Å². The Kier molecular flexibility index (Phi) is 11.3. The third-order valence-corrected chi connectivity index (χ3v) is 5.07. The van der Waals surface area contributed by atoms with Gasteiger partial charge in [-0.25, -0.2) is 0 Å². The van der Waals surface area contributed by atoms with Gasteiger partial charge in [0.25, 0.3) is 0 Å². The van der Waals surface area contributed by atoms with E-state index in [4.69, 9.17) is 0 Å². The molecule has 0 amide bonds. The van der Waals surface area contributed by atoms with Crippen LogP contribution in [0.5, 0.6) is 0 Å². The zero-order valence-corrected chi connectivity index (χ0v) is 17.8. The molecule has 0 heterocycles. The topological polar surface area (TPSA) is 12.0 Å². The molecule has 1 aromatic rings. The summed E-state index contributed by atoms with van der Waals surface area (Å²) in [7, 11) is 6.01. The van der Waals surface area contributed by atoms with Crippen LogP contribution in [0.15, 0.2) is 30.3 Å². The smallest absolute Gasteiger partial charge is 0.104 e. The van der Waals surface area contributed by atoms with Gasteiger partial charge in [-0.15, -0.1) is 0 Å². The van der Waals surface area contributed by atoms with Gasteiger partial charge in [0.15, 0.2) is 0 Å². The van der Waals surface area contributed by atoms with Crippen LogP contribution in [0, 0.1) is 0 Å². The van der Waals surface area contributed by atoms with Crippen LogP contribution in [0.25, 0.3) is 0 Å². The molecule has 1 aromatic carbocycles. The number of hydrogen-bond donors (Lipinski definition) is 1. The van der Waals surface area contributed by atoms with Crippen LogP contribution in [-0.4, -0.2) is 48.1 Å². The number of nitrogens with one attached hydrogen (secondary N) is 1. The highest BCUT2D eigenvalue weighted by atomic mass is 28.1. The van der Waals surface area contributed by atoms with Crippen molar-refractivity contribution in [2.75, 3.05) is 33.4 Å². The Hall–Kier alpha value is -0.643. The van der Waals surface area contributed by atoms with Crippen molar-refractivity contribution in [3.63, 3.8) is 0 Å². The predicted molar refractivity (Wildman–Crippen MR) is 107 cm³/mol. The lowest BCUT2D eigenvalue weighted by atomic mass is 10.1. The molecule has 0 saturated heterocycles. The summed E-state index contributed by atoms with van der Waals surface area (Å²) >= 11 is 0. The Labute approximate surface area is 147 Å². The highest BCUT2D eigenvalue weighted by molar-refractivity contribution is 6.08. The highest BCUT2D eigenvalue weighted by Gasteiger charge is 2.14. The van der Waals surface area contributed by atoms with Crippen LogP contribution in [0.4, 0.5) is 0 Å². The Morgan fingerprint density at radius 1 is 0.826 bits per heavy atom. The van der Waals surface area contributed by atoms with Gasteiger partial charge in [0.1, 0.15) is 6.54 Å². The number of rotatable bonds is 14. The second-order valence-electron chi connectivity index (χ2n) is 7.49. The summed E-state index contributed by atoms with van der Waals surface area (Å²) in [4.78, 5) is 0. The Balaban J connectivity index is 1.95. The molecule has 0 unspecified atom stereocenters. The van der Waals surface area contributed by atoms with Gasteiger partial charge in [-0.1, -0.05) is 62.4 Å². The minimum absolute atomic E-state index is 1.11. The second kappa shape index (κ2) is 12.7. The van der Waals surface area contributed by atoms with Gasteiger partial charge in [-0.05, 0) is 32.0 Å². The lowest BCUT2D eigenvalue weighted by Gasteiger charge is -2.30. The molecule has 23 heavy (non-hydrogen) atoms. The zero-order chi connectivity index (χ0) is 16.8. The molecule has 1 N–H and O–H groups in total. The fourth-order valence-electron chi connectivity index (χ4n) is 3.18. The summed E-state index contributed by atoms with van der Waals surface area (Å²) in [6.45, 7) is 3.67. The second-order valence-corrected chi connectivity index (χ2v) is 8.19. The van der Waals surface area contributed by atoms with E-state index < -0.39 is 0 Å². The summed E-state index contributed by atoms with van der Waals surface area (Å²) in [5, 5.41) is 3.46. The minimum atomic E-state index is 1.11. The standard InChI is InChI=1S/C20H39N2Si/c1-22(2,18-20-14-10-9-11-15-20)17-13-8-6-4-3-5-7-12-16-21-19-23/h9-11,14-15,21H,3-8,12-13,16-19H2,1-2,23H3/q+1. The SMILES string of the molecule is C[N+](C)(CCCCCCCCCCNC[SiH3])Cc1ccccc1. The normalized spacial score (nSPS) is 11.9. The molecule has 0 fully saturated rings. The van der Waals surface area contributed by atoms with Crippen molar-refractivity contribution in [2.45, 2.75) is 57.9 Å². The summed E-state index contributed by atoms with van der Waals surface area (Å²) < 4.78 is 1.11. The Morgan fingerprint density at radius 2 is 1.39 bits per heavy atom. The number of nitrogens with zero attached hydrogens (tertiary/aromatic N) is 1. The monoisotopic (exact) mass is 335 g/mol. The van der Waals surface area contributed by atoms with Gasteiger partial charge in [0, 0.05) is 15.8 Å². The Bertz CT molecular complexity index is 378. The molecule has 0 atom stereocenters. The number of quaternary nitrogens is 1. The van der Waals surface area contributed by atoms with Crippen LogP contribution in [0.3, 0.4) is 0 Å². The lowest BCUT2D eigenvalue weighted by molar-refractivity contribution is -0.903. The molecule has 0 aliphatic rings. The van der Waals surface area contributed by atoms with E-state index in [1.165, 1.54) is 86.4 Å². The fourth-order valence-corrected chi connectivity index (χ4v) is 3.54. The van der Waals surface area contributed by atoms with Crippen molar-refractivity contribution in [2.24, 2.45) is 0 Å². The third-order valence-electron chi connectivity index (χ3n) is 4.57. The van der Waals surface area contributed by atoms with Gasteiger partial charge in [0.2, 0.25) is 0 Å². The molecule has 0 bridgehead atoms. The maximum atomic E-state index is 3.46. The van der Waals surface area contributed by atoms with Gasteiger partial charge >= 0.3 is 0 Å². The Morgan fingerprint density at radius 3 is 2.00 bits per heavy atom. The summed E-state index contributed by atoms with van der Waals surface area (Å²) in [5.74, 6) is 0. The number of unbranched alkanes of at least 4 members (excludes halogenated alkanes) is 7. The molecule has 0 radical (unpaired) electrons. The van der Waals surface area contributed by atoms with E-state index in [1.54, 1.807) is 0 Å². The van der Waals surface area contributed by atoms with Crippen molar-refractivity contribution in [3.8, 4) is 0 Å². The largest absolute Gasteiger partial charge is 0.325 e. The molecular formula is C20H39N2Si+. The van der Waals surface area contributed by atoms with Gasteiger partial charge in [-0.3, -0.25) is 0 Å². The van der Waals surface area contributed by atoms with Crippen molar-refractivity contribution in [3.05, 3.63) is 35.9 Å². The maximum absolute atomic E-state index is 3.46. The highest BCUT2D eigenvalue weighted by Crippen LogP contribution is 2.13. The quantitative estimate of drug-likeness (QED) is 0.312. The molecule has 3 heteroatoms. The van der Waals surface area contributed by atoms with Crippen LogP contribution < -0.4 is 5.32 Å². The van der Waals surface area contributed by atoms with Crippen molar-refractivity contribution in [1.82, 2.24) is 5.32 Å². The van der Waals surface area contributed by atoms with Gasteiger partial charge in [-0.2, -0.15) is 0 Å². The molecule has 0 spiro atoms. The molecule has 2 nitrogen and oxygen atoms in total. The summed E-state index contributed by atoms with van der Waals surface area (Å²) in [6, 6.07) is 10.9. The van der Waals surface area contributed by atoms with Crippen molar-refractivity contribution < 1.29 is 4.48 Å². The van der Waals surface area contributed by atoms with Gasteiger partial charge in [0.05, 0.1) is 20.6 Å². The lowest BCUT2D eigenvalue weighted by Crippen LogP contribution is -2.39. The predicted octanol–water partition coefficient (Wildman–Crippen LogP) is 3.30. The molecule has 0 aliphatic carbocycles. The van der Waals surface area contributed by atoms with E-state index in [1.807, 2.05) is 0 Å². The van der Waals surface area contributed by atoms with Crippen LogP contribution >= 0.6 is 0 Å². The average Bonchev–Trinajstić information content (AvgIpc) is 2.53. The van der Waals surface area contributed by atoms with Crippen LogP contribution in [0.2, 0.25) is 0 Å². The molecular weight excluding hydrogens is 296 g/mol. The first-order chi connectivity index (χ1) is 11.1. The van der Waals surface area contributed by atoms with E-state index in [-0.39, 0.29) is 0 Å². The molecule has 0 aliphatic heterocycles. The molecule has 1 rings (SSSR count). The number of benzene rings is 1. The summed E-state index contributed by atoms with van der Waals surface area (Å²) in [6.07, 6.45) is 12.5. The zero-order valence-electron chi connectivity index (χ0n) is 15.8. The van der Waals surface area contributed by atoms with Gasteiger partial charge < -0.3 is 9.80 Å². The first kappa shape index (κ1) is 20.4. The molecule has 132 valence electrons.